The lowest BCUT2D eigenvalue weighted by Crippen LogP contribution is -2.29. The monoisotopic (exact) mass is 344 g/mol. The van der Waals surface area contributed by atoms with Crippen LogP contribution in [0.15, 0.2) is 23.7 Å². The molecule has 2 N–H and O–H groups in total. The fourth-order valence-electron chi connectivity index (χ4n) is 2.15. The number of nitrogens with one attached hydrogen (secondary N) is 2. The van der Waals surface area contributed by atoms with Crippen LogP contribution in [-0.4, -0.2) is 18.1 Å². The van der Waals surface area contributed by atoms with Crippen molar-refractivity contribution in [1.82, 2.24) is 10.3 Å². The van der Waals surface area contributed by atoms with Crippen LogP contribution in [0.3, 0.4) is 0 Å². The summed E-state index contributed by atoms with van der Waals surface area (Å²) >= 11 is 1.39. The minimum atomic E-state index is -0.306. The van der Waals surface area contributed by atoms with Crippen molar-refractivity contribution in [2.24, 2.45) is 0 Å². The molecule has 126 valence electrons. The van der Waals surface area contributed by atoms with E-state index in [1.807, 2.05) is 26.8 Å². The molecular formula is C17H20N4O2S. The quantitative estimate of drug-likeness (QED) is 0.886. The Morgan fingerprint density at radius 1 is 1.42 bits per heavy atom. The van der Waals surface area contributed by atoms with Gasteiger partial charge >= 0.3 is 6.03 Å². The number of nitrogens with zero attached hydrogens (tertiary/aromatic N) is 2. The molecule has 0 spiro atoms. The Hall–Kier alpha value is -2.59. The number of thiazole rings is 1. The smallest absolute Gasteiger partial charge is 0.320 e. The van der Waals surface area contributed by atoms with Crippen molar-refractivity contribution in [2.45, 2.75) is 32.7 Å². The molecule has 0 aliphatic rings. The highest BCUT2D eigenvalue weighted by Crippen LogP contribution is 2.31. The van der Waals surface area contributed by atoms with Crippen LogP contribution in [-0.2, 0) is 12.0 Å². The van der Waals surface area contributed by atoms with E-state index in [-0.39, 0.29) is 11.4 Å². The van der Waals surface area contributed by atoms with Crippen molar-refractivity contribution in [2.75, 3.05) is 12.4 Å². The minimum Gasteiger partial charge on any atom is -0.495 e. The lowest BCUT2D eigenvalue weighted by Gasteiger charge is -2.17. The Bertz CT molecular complexity index is 772. The summed E-state index contributed by atoms with van der Waals surface area (Å²) in [6.07, 6.45) is 0. The fraction of sp³-hybridized carbons (Fsp3) is 0.353. The Labute approximate surface area is 145 Å². The van der Waals surface area contributed by atoms with Crippen LogP contribution in [0.4, 0.5) is 9.80 Å². The summed E-state index contributed by atoms with van der Waals surface area (Å²) in [7, 11) is 1.52. The summed E-state index contributed by atoms with van der Waals surface area (Å²) in [5.41, 5.74) is 3.70. The van der Waals surface area contributed by atoms with Crippen molar-refractivity contribution in [1.29, 1.82) is 5.26 Å². The lowest BCUT2D eigenvalue weighted by atomic mass is 9.92. The Balaban J connectivity index is 2.00. The number of methoxy groups -OCH3 is 1. The number of rotatable bonds is 4. The third-order valence-electron chi connectivity index (χ3n) is 3.34. The van der Waals surface area contributed by atoms with E-state index < -0.39 is 0 Å². The zero-order valence-corrected chi connectivity index (χ0v) is 15.0. The van der Waals surface area contributed by atoms with Crippen molar-refractivity contribution < 1.29 is 9.53 Å². The van der Waals surface area contributed by atoms with Gasteiger partial charge in [0.05, 0.1) is 23.9 Å². The molecule has 0 unspecified atom stereocenters. The third-order valence-corrected chi connectivity index (χ3v) is 4.08. The summed E-state index contributed by atoms with van der Waals surface area (Å²) in [5, 5.41) is 15.5. The number of amides is 2. The molecule has 0 radical (unpaired) electrons. The molecule has 1 aromatic carbocycles. The maximum Gasteiger partial charge on any atom is 0.320 e. The van der Waals surface area contributed by atoms with Gasteiger partial charge in [-0.2, -0.15) is 5.26 Å². The van der Waals surface area contributed by atoms with Crippen molar-refractivity contribution >= 4 is 22.4 Å². The molecule has 2 amide bonds. The van der Waals surface area contributed by atoms with Gasteiger partial charge in [-0.25, -0.2) is 9.78 Å². The molecule has 0 aliphatic heterocycles. The van der Waals surface area contributed by atoms with Crippen LogP contribution in [0.1, 0.15) is 37.6 Å². The molecular weight excluding hydrogens is 324 g/mol. The predicted octanol–water partition coefficient (Wildman–Crippen LogP) is 3.64. The molecule has 0 saturated carbocycles. The van der Waals surface area contributed by atoms with Gasteiger partial charge in [-0.15, -0.1) is 11.3 Å². The number of hydrogen-bond acceptors (Lipinski definition) is 5. The first kappa shape index (κ1) is 17.8. The first-order valence-electron chi connectivity index (χ1n) is 7.41. The highest BCUT2D eigenvalue weighted by atomic mass is 32.1. The van der Waals surface area contributed by atoms with Crippen LogP contribution in [0.2, 0.25) is 0 Å². The number of carbonyl (C=O) groups is 1. The minimum absolute atomic E-state index is 0.139. The van der Waals surface area contributed by atoms with Crippen molar-refractivity contribution in [3.8, 4) is 11.8 Å². The predicted molar refractivity (Wildman–Crippen MR) is 94.4 cm³/mol. The highest BCUT2D eigenvalue weighted by molar-refractivity contribution is 7.14. The van der Waals surface area contributed by atoms with Crippen LogP contribution in [0, 0.1) is 11.3 Å². The topological polar surface area (TPSA) is 87.0 Å². The number of hydrogen-bond donors (Lipinski definition) is 2. The molecule has 0 bridgehead atoms. The summed E-state index contributed by atoms with van der Waals surface area (Å²) in [4.78, 5) is 16.4. The number of anilines is 1. The maximum atomic E-state index is 12.1. The van der Waals surface area contributed by atoms with Gasteiger partial charge in [0.1, 0.15) is 16.8 Å². The largest absolute Gasteiger partial charge is 0.495 e. The molecule has 6 nitrogen and oxygen atoms in total. The summed E-state index contributed by atoms with van der Waals surface area (Å²) < 4.78 is 5.10. The molecule has 0 aliphatic carbocycles. The van der Waals surface area contributed by atoms with Crippen molar-refractivity contribution in [3.05, 3.63) is 40.5 Å². The first-order chi connectivity index (χ1) is 11.3. The number of urea groups is 1. The number of ether oxygens (including phenoxy) is 1. The van der Waals surface area contributed by atoms with Gasteiger partial charge in [0.25, 0.3) is 0 Å². The second-order valence-electron chi connectivity index (χ2n) is 6.23. The van der Waals surface area contributed by atoms with Gasteiger partial charge in [0.15, 0.2) is 0 Å². The van der Waals surface area contributed by atoms with Crippen LogP contribution >= 0.6 is 11.3 Å². The Morgan fingerprint density at radius 3 is 2.79 bits per heavy atom. The highest BCUT2D eigenvalue weighted by Gasteiger charge is 2.22. The van der Waals surface area contributed by atoms with E-state index in [0.29, 0.717) is 17.9 Å². The van der Waals surface area contributed by atoms with E-state index in [0.717, 1.165) is 16.3 Å². The van der Waals surface area contributed by atoms with E-state index >= 15 is 0 Å². The fourth-order valence-corrected chi connectivity index (χ4v) is 3.04. The Morgan fingerprint density at radius 2 is 2.17 bits per heavy atom. The number of aromatic nitrogens is 1. The van der Waals surface area contributed by atoms with Crippen LogP contribution in [0.25, 0.3) is 0 Å². The zero-order chi connectivity index (χ0) is 17.7. The van der Waals surface area contributed by atoms with Gasteiger partial charge in [0, 0.05) is 12.0 Å². The van der Waals surface area contributed by atoms with Gasteiger partial charge in [0.2, 0.25) is 0 Å². The molecule has 24 heavy (non-hydrogen) atoms. The van der Waals surface area contributed by atoms with E-state index in [2.05, 4.69) is 21.7 Å². The van der Waals surface area contributed by atoms with E-state index in [4.69, 9.17) is 10.00 Å². The summed E-state index contributed by atoms with van der Waals surface area (Å²) in [6, 6.07) is 7.00. The normalized spacial score (nSPS) is 10.8. The van der Waals surface area contributed by atoms with E-state index in [1.165, 1.54) is 18.4 Å². The number of benzene rings is 1. The first-order valence-corrected chi connectivity index (χ1v) is 8.29. The Kier molecular flexibility index (Phi) is 5.42. The van der Waals surface area contributed by atoms with E-state index in [1.54, 1.807) is 17.6 Å². The standard InChI is InChI=1S/C17H20N4O2S/c1-17(2,3)14-15(24-10-20-14)21-16(22)19-9-11-5-6-13(23-4)12(7-11)8-18/h5-7,10H,9H2,1-4H3,(H2,19,21,22). The number of nitriles is 1. The molecule has 2 aromatic rings. The molecule has 2 rings (SSSR count). The molecule has 0 saturated heterocycles. The molecule has 0 fully saturated rings. The zero-order valence-electron chi connectivity index (χ0n) is 14.1. The molecule has 0 atom stereocenters. The van der Waals surface area contributed by atoms with Crippen LogP contribution in [0.5, 0.6) is 5.75 Å². The summed E-state index contributed by atoms with van der Waals surface area (Å²) in [6.45, 7) is 6.46. The lowest BCUT2D eigenvalue weighted by molar-refractivity contribution is 0.252. The second kappa shape index (κ2) is 7.32. The summed E-state index contributed by atoms with van der Waals surface area (Å²) in [5.74, 6) is 0.519. The maximum absolute atomic E-state index is 12.1. The van der Waals surface area contributed by atoms with Gasteiger partial charge in [-0.3, -0.25) is 5.32 Å². The van der Waals surface area contributed by atoms with Gasteiger partial charge in [-0.1, -0.05) is 26.8 Å². The number of carbonyl (C=O) groups excluding carboxylic acids is 1. The third kappa shape index (κ3) is 4.24. The van der Waals surface area contributed by atoms with E-state index in [9.17, 15) is 4.79 Å². The van der Waals surface area contributed by atoms with Gasteiger partial charge in [-0.05, 0) is 17.7 Å². The molecule has 1 heterocycles. The average Bonchev–Trinajstić information content (AvgIpc) is 3.01. The molecule has 7 heteroatoms. The average molecular weight is 344 g/mol. The van der Waals surface area contributed by atoms with Crippen molar-refractivity contribution in [3.63, 3.8) is 0 Å². The van der Waals surface area contributed by atoms with Gasteiger partial charge < -0.3 is 10.1 Å². The second-order valence-corrected chi connectivity index (χ2v) is 7.09. The SMILES string of the molecule is COc1ccc(CNC(=O)Nc2scnc2C(C)(C)C)cc1C#N. The van der Waals surface area contributed by atoms with Crippen LogP contribution < -0.4 is 15.4 Å². The molecule has 1 aromatic heterocycles.